The first-order chi connectivity index (χ1) is 15.4. The maximum absolute atomic E-state index is 6.17. The van der Waals surface area contributed by atoms with Gasteiger partial charge in [0, 0.05) is 44.5 Å². The van der Waals surface area contributed by atoms with E-state index in [1.165, 1.54) is 25.7 Å². The van der Waals surface area contributed by atoms with Gasteiger partial charge in [-0.05, 0) is 69.7 Å². The summed E-state index contributed by atoms with van der Waals surface area (Å²) in [7, 11) is 0. The number of piperidine rings is 2. The molecule has 8 nitrogen and oxygen atoms in total. The van der Waals surface area contributed by atoms with Crippen molar-refractivity contribution in [3.05, 3.63) is 30.4 Å². The summed E-state index contributed by atoms with van der Waals surface area (Å²) >= 11 is 6.17. The molecule has 0 bridgehead atoms. The van der Waals surface area contributed by atoms with E-state index in [4.69, 9.17) is 16.8 Å². The number of fused-ring (bicyclic) bond motifs is 1. The first-order valence-corrected chi connectivity index (χ1v) is 11.9. The highest BCUT2D eigenvalue weighted by molar-refractivity contribution is 6.13. The van der Waals surface area contributed by atoms with Gasteiger partial charge in [-0.15, -0.1) is 0 Å². The van der Waals surface area contributed by atoms with Gasteiger partial charge in [-0.25, -0.2) is 19.4 Å². The third-order valence-corrected chi connectivity index (χ3v) is 7.38. The first-order valence-electron chi connectivity index (χ1n) is 11.5. The summed E-state index contributed by atoms with van der Waals surface area (Å²) in [6.07, 6.45) is 8.37. The lowest BCUT2D eigenvalue weighted by molar-refractivity contribution is 0.120. The molecule has 0 saturated carbocycles. The molecule has 0 aliphatic carbocycles. The number of aromatic nitrogens is 5. The van der Waals surface area contributed by atoms with Gasteiger partial charge in [0.25, 0.3) is 0 Å². The molecule has 2 fully saturated rings. The Bertz CT molecular complexity index is 1090. The van der Waals surface area contributed by atoms with Gasteiger partial charge in [0.1, 0.15) is 23.0 Å². The van der Waals surface area contributed by atoms with E-state index in [-0.39, 0.29) is 0 Å². The lowest BCUT2D eigenvalue weighted by Gasteiger charge is -2.45. The van der Waals surface area contributed by atoms with Crippen molar-refractivity contribution in [1.29, 1.82) is 0 Å². The molecule has 0 amide bonds. The minimum atomic E-state index is 0.333. The van der Waals surface area contributed by atoms with Gasteiger partial charge in [-0.2, -0.15) is 4.98 Å². The average Bonchev–Trinajstić information content (AvgIpc) is 3.12. The Morgan fingerprint density at radius 3 is 2.44 bits per heavy atom. The zero-order valence-electron chi connectivity index (χ0n) is 19.1. The molecular weight excluding hydrogens is 424 g/mol. The predicted molar refractivity (Wildman–Crippen MR) is 129 cm³/mol. The molecule has 1 N–H and O–H groups in total. The highest BCUT2D eigenvalue weighted by Gasteiger charge is 2.37. The Morgan fingerprint density at radius 2 is 1.72 bits per heavy atom. The van der Waals surface area contributed by atoms with E-state index in [0.717, 1.165) is 60.6 Å². The monoisotopic (exact) mass is 454 g/mol. The van der Waals surface area contributed by atoms with Crippen LogP contribution in [0.15, 0.2) is 24.5 Å². The van der Waals surface area contributed by atoms with E-state index in [2.05, 4.69) is 43.6 Å². The Kier molecular flexibility index (Phi) is 5.67. The minimum Gasteiger partial charge on any atom is -0.341 e. The largest absolute Gasteiger partial charge is 0.341 e. The lowest BCUT2D eigenvalue weighted by Crippen LogP contribution is -2.45. The van der Waals surface area contributed by atoms with Crippen LogP contribution in [0.1, 0.15) is 51.4 Å². The number of aryl methyl sites for hydroxylation is 1. The summed E-state index contributed by atoms with van der Waals surface area (Å²) in [5.41, 5.74) is 2.43. The van der Waals surface area contributed by atoms with Gasteiger partial charge in [0.15, 0.2) is 0 Å². The van der Waals surface area contributed by atoms with Gasteiger partial charge in [0.2, 0.25) is 5.95 Å². The summed E-state index contributed by atoms with van der Waals surface area (Å²) in [6, 6.07) is 4.27. The van der Waals surface area contributed by atoms with Gasteiger partial charge >= 0.3 is 0 Å². The molecule has 2 aliphatic heterocycles. The Balaban J connectivity index is 1.30. The highest BCUT2D eigenvalue weighted by Crippen LogP contribution is 2.42. The van der Waals surface area contributed by atoms with Crippen LogP contribution in [0.3, 0.4) is 0 Å². The maximum atomic E-state index is 6.17. The van der Waals surface area contributed by atoms with Gasteiger partial charge in [-0.3, -0.25) is 0 Å². The second-order valence-electron chi connectivity index (χ2n) is 9.44. The molecule has 32 heavy (non-hydrogen) atoms. The number of rotatable bonds is 4. The normalized spacial score (nSPS) is 19.2. The van der Waals surface area contributed by atoms with Crippen LogP contribution in [-0.4, -0.2) is 55.1 Å². The molecule has 3 aromatic rings. The second kappa shape index (κ2) is 8.48. The molecule has 170 valence electrons. The van der Waals surface area contributed by atoms with E-state index in [9.17, 15) is 0 Å². The molecule has 5 heterocycles. The average molecular weight is 455 g/mol. The van der Waals surface area contributed by atoms with E-state index < -0.39 is 0 Å². The summed E-state index contributed by atoms with van der Waals surface area (Å²) in [5, 5.41) is 3.36. The zero-order chi connectivity index (χ0) is 22.3. The number of pyridine rings is 1. The Morgan fingerprint density at radius 1 is 1.00 bits per heavy atom. The molecule has 0 unspecified atom stereocenters. The van der Waals surface area contributed by atoms with E-state index in [0.29, 0.717) is 11.5 Å². The number of hydrogen-bond donors (Lipinski definition) is 1. The molecule has 2 aliphatic rings. The van der Waals surface area contributed by atoms with Crippen LogP contribution in [-0.2, 0) is 0 Å². The number of nitrogens with one attached hydrogen (secondary N) is 1. The fourth-order valence-corrected chi connectivity index (χ4v) is 5.34. The zero-order valence-corrected chi connectivity index (χ0v) is 19.8. The Labute approximate surface area is 194 Å². The lowest BCUT2D eigenvalue weighted by atomic mass is 9.71. The van der Waals surface area contributed by atoms with Crippen molar-refractivity contribution in [2.24, 2.45) is 5.41 Å². The molecule has 0 atom stereocenters. The van der Waals surface area contributed by atoms with Gasteiger partial charge < -0.3 is 14.8 Å². The summed E-state index contributed by atoms with van der Waals surface area (Å²) in [6.45, 7) is 10.3. The topological polar surface area (TPSA) is 75.0 Å². The summed E-state index contributed by atoms with van der Waals surface area (Å²) in [4.78, 5) is 20.8. The van der Waals surface area contributed by atoms with Crippen LogP contribution in [0.25, 0.3) is 11.0 Å². The third-order valence-electron chi connectivity index (χ3n) is 7.04. The number of halogens is 1. The molecular formula is C23H31ClN8. The summed E-state index contributed by atoms with van der Waals surface area (Å²) in [5.74, 6) is 3.29. The van der Waals surface area contributed by atoms with Crippen molar-refractivity contribution in [2.75, 3.05) is 36.4 Å². The SMILES string of the molecule is Cc1nc2cnc(Nc3ccnc(N4CCC5(CCN(Cl)CC5)CC4)n3)cc2n1C(C)C. The van der Waals surface area contributed by atoms with Crippen LogP contribution < -0.4 is 10.2 Å². The number of anilines is 3. The molecule has 2 saturated heterocycles. The maximum Gasteiger partial charge on any atom is 0.227 e. The minimum absolute atomic E-state index is 0.333. The fraction of sp³-hybridized carbons (Fsp3) is 0.565. The van der Waals surface area contributed by atoms with E-state index in [1.807, 2.05) is 35.9 Å². The van der Waals surface area contributed by atoms with Crippen LogP contribution in [0.5, 0.6) is 0 Å². The van der Waals surface area contributed by atoms with Crippen molar-refractivity contribution in [3.8, 4) is 0 Å². The molecule has 0 radical (unpaired) electrons. The van der Waals surface area contributed by atoms with Gasteiger partial charge in [-0.1, -0.05) is 0 Å². The van der Waals surface area contributed by atoms with Crippen molar-refractivity contribution in [1.82, 2.24) is 28.9 Å². The fourth-order valence-electron chi connectivity index (χ4n) is 5.18. The first kappa shape index (κ1) is 21.4. The van der Waals surface area contributed by atoms with E-state index >= 15 is 0 Å². The standard InChI is InChI=1S/C23H31ClN8/c1-16(2)32-17(3)27-18-15-26-21(14-19(18)32)28-20-4-9-25-22(29-20)30-10-5-23(6-11-30)7-12-31(24)13-8-23/h4,9,14-16H,5-8,10-13H2,1-3H3,(H,25,26,28,29). The quantitative estimate of drug-likeness (QED) is 0.573. The van der Waals surface area contributed by atoms with Crippen molar-refractivity contribution < 1.29 is 0 Å². The van der Waals surface area contributed by atoms with Crippen molar-refractivity contribution in [2.45, 2.75) is 52.5 Å². The molecule has 1 spiro atoms. The molecule has 0 aromatic carbocycles. The van der Waals surface area contributed by atoms with Gasteiger partial charge in [0.05, 0.1) is 11.7 Å². The summed E-state index contributed by atoms with van der Waals surface area (Å²) < 4.78 is 4.16. The molecule has 9 heteroatoms. The highest BCUT2D eigenvalue weighted by atomic mass is 35.5. The van der Waals surface area contributed by atoms with E-state index in [1.54, 1.807) is 0 Å². The van der Waals surface area contributed by atoms with Crippen LogP contribution in [0, 0.1) is 12.3 Å². The smallest absolute Gasteiger partial charge is 0.227 e. The third kappa shape index (κ3) is 4.13. The molecule has 3 aromatic heterocycles. The number of hydrogen-bond acceptors (Lipinski definition) is 7. The van der Waals surface area contributed by atoms with Crippen molar-refractivity contribution >= 4 is 40.4 Å². The van der Waals surface area contributed by atoms with Crippen LogP contribution in [0.2, 0.25) is 0 Å². The Hall–Kier alpha value is -2.45. The molecule has 5 rings (SSSR count). The van der Waals surface area contributed by atoms with Crippen molar-refractivity contribution in [3.63, 3.8) is 0 Å². The number of nitrogens with zero attached hydrogens (tertiary/aromatic N) is 7. The van der Waals surface area contributed by atoms with Crippen LogP contribution in [0.4, 0.5) is 17.6 Å². The second-order valence-corrected chi connectivity index (χ2v) is 9.92. The number of imidazole rings is 1. The van der Waals surface area contributed by atoms with Crippen LogP contribution >= 0.6 is 11.8 Å². The predicted octanol–water partition coefficient (Wildman–Crippen LogP) is 4.69.